The maximum absolute atomic E-state index is 11.8. The first-order chi connectivity index (χ1) is 8.40. The van der Waals surface area contributed by atoms with Crippen LogP contribution in [-0.2, 0) is 4.79 Å². The van der Waals surface area contributed by atoms with E-state index in [4.69, 9.17) is 0 Å². The van der Waals surface area contributed by atoms with Crippen molar-refractivity contribution in [3.63, 3.8) is 0 Å². The molecular weight excluding hydrogens is 226 g/mol. The number of piperidine rings is 1. The Balaban J connectivity index is 2.22. The van der Waals surface area contributed by atoms with Crippen LogP contribution in [0.15, 0.2) is 0 Å². The van der Waals surface area contributed by atoms with Gasteiger partial charge in [-0.05, 0) is 46.2 Å². The molecule has 1 aliphatic heterocycles. The van der Waals surface area contributed by atoms with Gasteiger partial charge in [0, 0.05) is 18.1 Å². The van der Waals surface area contributed by atoms with Crippen molar-refractivity contribution >= 4 is 5.91 Å². The third kappa shape index (κ3) is 4.94. The molecule has 3 atom stereocenters. The maximum atomic E-state index is 11.8. The van der Waals surface area contributed by atoms with Crippen molar-refractivity contribution in [3.05, 3.63) is 0 Å². The maximum Gasteiger partial charge on any atom is 0.234 e. The second kappa shape index (κ2) is 7.10. The van der Waals surface area contributed by atoms with Crippen molar-refractivity contribution in [3.8, 4) is 0 Å². The highest BCUT2D eigenvalue weighted by molar-refractivity contribution is 5.78. The summed E-state index contributed by atoms with van der Waals surface area (Å²) in [5.74, 6) is 0.597. The molecule has 4 heteroatoms. The molecule has 0 aromatic rings. The standard InChI is InChI=1S/C14H29N3O/c1-10(2)12(4)16-14(18)9-15-13-6-7-17(5)11(3)8-13/h10-13,15H,6-9H2,1-5H3,(H,16,18). The second-order valence-electron chi connectivity index (χ2n) is 6.03. The van der Waals surface area contributed by atoms with Gasteiger partial charge in [0.15, 0.2) is 0 Å². The number of hydrogen-bond donors (Lipinski definition) is 2. The molecule has 18 heavy (non-hydrogen) atoms. The van der Waals surface area contributed by atoms with Crippen molar-refractivity contribution in [1.29, 1.82) is 0 Å². The summed E-state index contributed by atoms with van der Waals surface area (Å²) in [4.78, 5) is 14.1. The number of carbonyl (C=O) groups is 1. The van der Waals surface area contributed by atoms with E-state index in [0.717, 1.165) is 19.4 Å². The van der Waals surface area contributed by atoms with E-state index in [1.165, 1.54) is 0 Å². The quantitative estimate of drug-likeness (QED) is 0.776. The van der Waals surface area contributed by atoms with Crippen LogP contribution in [0.25, 0.3) is 0 Å². The average Bonchev–Trinajstić information content (AvgIpc) is 2.30. The minimum atomic E-state index is 0.114. The Morgan fingerprint density at radius 1 is 1.39 bits per heavy atom. The Kier molecular flexibility index (Phi) is 6.09. The molecule has 0 radical (unpaired) electrons. The average molecular weight is 255 g/mol. The number of nitrogens with zero attached hydrogens (tertiary/aromatic N) is 1. The Hall–Kier alpha value is -0.610. The molecule has 1 rings (SSSR count). The van der Waals surface area contributed by atoms with E-state index in [1.54, 1.807) is 0 Å². The summed E-state index contributed by atoms with van der Waals surface area (Å²) in [7, 11) is 2.16. The number of carbonyl (C=O) groups excluding carboxylic acids is 1. The van der Waals surface area contributed by atoms with E-state index in [2.05, 4.69) is 50.3 Å². The minimum Gasteiger partial charge on any atom is -0.352 e. The lowest BCUT2D eigenvalue weighted by Crippen LogP contribution is -2.49. The van der Waals surface area contributed by atoms with Crippen LogP contribution in [0.1, 0.15) is 40.5 Å². The van der Waals surface area contributed by atoms with Crippen LogP contribution >= 0.6 is 0 Å². The lowest BCUT2D eigenvalue weighted by molar-refractivity contribution is -0.121. The number of likely N-dealkylation sites (tertiary alicyclic amines) is 1. The number of nitrogens with one attached hydrogen (secondary N) is 2. The van der Waals surface area contributed by atoms with Crippen LogP contribution in [-0.4, -0.2) is 49.1 Å². The van der Waals surface area contributed by atoms with Crippen LogP contribution < -0.4 is 10.6 Å². The van der Waals surface area contributed by atoms with Gasteiger partial charge in [-0.3, -0.25) is 4.79 Å². The predicted molar refractivity (Wildman–Crippen MR) is 75.6 cm³/mol. The smallest absolute Gasteiger partial charge is 0.234 e. The fourth-order valence-electron chi connectivity index (χ4n) is 2.18. The third-order valence-electron chi connectivity index (χ3n) is 4.15. The van der Waals surface area contributed by atoms with Gasteiger partial charge in [0.2, 0.25) is 5.91 Å². The zero-order valence-electron chi connectivity index (χ0n) is 12.5. The monoisotopic (exact) mass is 255 g/mol. The van der Waals surface area contributed by atoms with E-state index in [9.17, 15) is 4.79 Å². The van der Waals surface area contributed by atoms with Crippen LogP contribution in [0.3, 0.4) is 0 Å². The van der Waals surface area contributed by atoms with E-state index < -0.39 is 0 Å². The van der Waals surface area contributed by atoms with Crippen LogP contribution in [0.2, 0.25) is 0 Å². The van der Waals surface area contributed by atoms with Crippen LogP contribution in [0.4, 0.5) is 0 Å². The van der Waals surface area contributed by atoms with Crippen molar-refractivity contribution in [2.45, 2.75) is 58.7 Å². The molecule has 0 aliphatic carbocycles. The molecule has 0 aromatic carbocycles. The molecule has 2 N–H and O–H groups in total. The summed E-state index contributed by atoms with van der Waals surface area (Å²) in [5, 5.41) is 6.40. The van der Waals surface area contributed by atoms with E-state index in [1.807, 2.05) is 0 Å². The van der Waals surface area contributed by atoms with E-state index in [-0.39, 0.29) is 11.9 Å². The molecule has 0 aromatic heterocycles. The molecule has 3 unspecified atom stereocenters. The van der Waals surface area contributed by atoms with Crippen LogP contribution in [0.5, 0.6) is 0 Å². The molecule has 1 fully saturated rings. The van der Waals surface area contributed by atoms with Crippen molar-refractivity contribution in [2.24, 2.45) is 5.92 Å². The first kappa shape index (κ1) is 15.4. The first-order valence-corrected chi connectivity index (χ1v) is 7.13. The zero-order chi connectivity index (χ0) is 13.7. The third-order valence-corrected chi connectivity index (χ3v) is 4.15. The SMILES string of the molecule is CC(C)C(C)NC(=O)CNC1CCN(C)C(C)C1. The second-order valence-corrected chi connectivity index (χ2v) is 6.03. The molecule has 4 nitrogen and oxygen atoms in total. The fourth-order valence-corrected chi connectivity index (χ4v) is 2.18. The molecule has 106 valence electrons. The molecule has 1 amide bonds. The number of hydrogen-bond acceptors (Lipinski definition) is 3. The highest BCUT2D eigenvalue weighted by Crippen LogP contribution is 2.14. The van der Waals surface area contributed by atoms with Gasteiger partial charge in [0.1, 0.15) is 0 Å². The highest BCUT2D eigenvalue weighted by Gasteiger charge is 2.22. The van der Waals surface area contributed by atoms with Gasteiger partial charge in [-0.2, -0.15) is 0 Å². The Bertz CT molecular complexity index is 268. The molecular formula is C14H29N3O. The fraction of sp³-hybridized carbons (Fsp3) is 0.929. The molecule has 0 bridgehead atoms. The van der Waals surface area contributed by atoms with E-state index in [0.29, 0.717) is 24.5 Å². The van der Waals surface area contributed by atoms with E-state index >= 15 is 0 Å². The summed E-state index contributed by atoms with van der Waals surface area (Å²) < 4.78 is 0. The van der Waals surface area contributed by atoms with Gasteiger partial charge in [0.25, 0.3) is 0 Å². The molecule has 0 spiro atoms. The minimum absolute atomic E-state index is 0.114. The van der Waals surface area contributed by atoms with Crippen molar-refractivity contribution in [2.75, 3.05) is 20.1 Å². The first-order valence-electron chi connectivity index (χ1n) is 7.13. The normalized spacial score (nSPS) is 27.2. The van der Waals surface area contributed by atoms with Gasteiger partial charge in [0.05, 0.1) is 6.54 Å². The molecule has 0 saturated carbocycles. The summed E-state index contributed by atoms with van der Waals surface area (Å²) in [6, 6.07) is 1.33. The van der Waals surface area contributed by atoms with Crippen molar-refractivity contribution < 1.29 is 4.79 Å². The Morgan fingerprint density at radius 3 is 2.61 bits per heavy atom. The summed E-state index contributed by atoms with van der Waals surface area (Å²) in [5.41, 5.74) is 0. The van der Waals surface area contributed by atoms with Crippen LogP contribution in [0, 0.1) is 5.92 Å². The van der Waals surface area contributed by atoms with Gasteiger partial charge in [-0.15, -0.1) is 0 Å². The Labute approximate surface area is 111 Å². The zero-order valence-corrected chi connectivity index (χ0v) is 12.5. The van der Waals surface area contributed by atoms with Gasteiger partial charge in [-0.25, -0.2) is 0 Å². The number of rotatable bonds is 5. The Morgan fingerprint density at radius 2 is 2.06 bits per heavy atom. The van der Waals surface area contributed by atoms with Gasteiger partial charge < -0.3 is 15.5 Å². The lowest BCUT2D eigenvalue weighted by atomic mass is 9.99. The largest absolute Gasteiger partial charge is 0.352 e. The number of amides is 1. The molecule has 1 heterocycles. The molecule has 1 saturated heterocycles. The van der Waals surface area contributed by atoms with Gasteiger partial charge >= 0.3 is 0 Å². The lowest BCUT2D eigenvalue weighted by Gasteiger charge is -2.35. The predicted octanol–water partition coefficient (Wildman–Crippen LogP) is 1.22. The van der Waals surface area contributed by atoms with Crippen molar-refractivity contribution in [1.82, 2.24) is 15.5 Å². The molecule has 1 aliphatic rings. The summed E-state index contributed by atoms with van der Waals surface area (Å²) in [6.07, 6.45) is 2.26. The summed E-state index contributed by atoms with van der Waals surface area (Å²) in [6.45, 7) is 10.1. The topological polar surface area (TPSA) is 44.4 Å². The highest BCUT2D eigenvalue weighted by atomic mass is 16.1. The van der Waals surface area contributed by atoms with Gasteiger partial charge in [-0.1, -0.05) is 13.8 Å². The summed E-state index contributed by atoms with van der Waals surface area (Å²) >= 11 is 0.